The van der Waals surface area contributed by atoms with Crippen molar-refractivity contribution >= 4 is 47.0 Å². The summed E-state index contributed by atoms with van der Waals surface area (Å²) in [5, 5.41) is 28.5. The Hall–Kier alpha value is 0.490. The second kappa shape index (κ2) is 6.97. The lowest BCUT2D eigenvalue weighted by molar-refractivity contribution is -0.140. The van der Waals surface area contributed by atoms with Gasteiger partial charge in [0.05, 0.1) is 24.1 Å². The van der Waals surface area contributed by atoms with Crippen LogP contribution in [0, 0.1) is 3.57 Å². The number of thiol groups is 1. The highest BCUT2D eigenvalue weighted by atomic mass is 127. The Labute approximate surface area is 135 Å². The van der Waals surface area contributed by atoms with Crippen molar-refractivity contribution in [2.75, 3.05) is 6.61 Å². The summed E-state index contributed by atoms with van der Waals surface area (Å²) in [4.78, 5) is 0.936. The zero-order valence-corrected chi connectivity index (χ0v) is 13.8. The third kappa shape index (κ3) is 3.78. The normalized spacial score (nSPS) is 35.3. The number of aliphatic hydroxyl groups is 3. The van der Waals surface area contributed by atoms with Gasteiger partial charge in [-0.25, -0.2) is 0 Å². The molecule has 0 spiro atoms. The van der Waals surface area contributed by atoms with Crippen LogP contribution in [0.3, 0.4) is 0 Å². The monoisotopic (exact) mass is 414 g/mol. The van der Waals surface area contributed by atoms with Gasteiger partial charge in [0.2, 0.25) is 0 Å². The van der Waals surface area contributed by atoms with Crippen molar-refractivity contribution in [3.63, 3.8) is 0 Å². The molecule has 1 aromatic rings. The first kappa shape index (κ1) is 15.9. The molecular weight excluding hydrogens is 399 g/mol. The summed E-state index contributed by atoms with van der Waals surface area (Å²) in [6.45, 7) is -0.234. The molecule has 0 radical (unpaired) electrons. The fraction of sp³-hybridized carbons (Fsp3) is 0.500. The highest BCUT2D eigenvalue weighted by Gasteiger charge is 2.42. The lowest BCUT2D eigenvalue weighted by atomic mass is 10.0. The van der Waals surface area contributed by atoms with E-state index in [1.54, 1.807) is 0 Å². The van der Waals surface area contributed by atoms with Gasteiger partial charge in [0.1, 0.15) is 11.5 Å². The molecule has 0 saturated carbocycles. The van der Waals surface area contributed by atoms with Crippen LogP contribution in [0.25, 0.3) is 0 Å². The molecule has 1 fully saturated rings. The molecule has 19 heavy (non-hydrogen) atoms. The van der Waals surface area contributed by atoms with Gasteiger partial charge in [0, 0.05) is 8.47 Å². The molecule has 2 rings (SSSR count). The maximum Gasteiger partial charge on any atom is 0.136 e. The quantitative estimate of drug-likeness (QED) is 0.441. The molecule has 3 N–H and O–H groups in total. The Kier molecular flexibility index (Phi) is 5.82. The molecule has 1 aliphatic heterocycles. The molecule has 0 unspecified atom stereocenters. The average Bonchev–Trinajstić information content (AvgIpc) is 2.42. The zero-order valence-electron chi connectivity index (χ0n) is 9.89. The van der Waals surface area contributed by atoms with E-state index in [0.29, 0.717) is 0 Å². The van der Waals surface area contributed by atoms with Gasteiger partial charge in [-0.1, -0.05) is 11.8 Å². The molecule has 0 aliphatic carbocycles. The first-order valence-electron chi connectivity index (χ1n) is 5.75. The number of hydrogen-bond donors (Lipinski definition) is 4. The maximum absolute atomic E-state index is 10.0. The van der Waals surface area contributed by atoms with Crippen molar-refractivity contribution in [3.8, 4) is 0 Å². The number of aliphatic hydroxyl groups excluding tert-OH is 3. The minimum Gasteiger partial charge on any atom is -0.394 e. The first-order chi connectivity index (χ1) is 9.02. The van der Waals surface area contributed by atoms with Crippen molar-refractivity contribution in [1.29, 1.82) is 0 Å². The lowest BCUT2D eigenvalue weighted by Gasteiger charge is -2.40. The van der Waals surface area contributed by atoms with Crippen LogP contribution in [0.5, 0.6) is 0 Å². The lowest BCUT2D eigenvalue weighted by Crippen LogP contribution is -2.55. The van der Waals surface area contributed by atoms with Crippen LogP contribution in [-0.2, 0) is 4.74 Å². The minimum atomic E-state index is -1.03. The van der Waals surface area contributed by atoms with Gasteiger partial charge >= 0.3 is 0 Å². The van der Waals surface area contributed by atoms with E-state index in [1.165, 1.54) is 11.8 Å². The van der Waals surface area contributed by atoms with Gasteiger partial charge in [-0.15, -0.1) is 0 Å². The first-order valence-corrected chi connectivity index (χ1v) is 8.23. The van der Waals surface area contributed by atoms with Gasteiger partial charge in [0.25, 0.3) is 0 Å². The SMILES string of the molecule is OC[C@H]1O[C@@H](Sc2ccc(I)cc2)[C@H](O)[C@@H](O)[C@@H]1S. The summed E-state index contributed by atoms with van der Waals surface area (Å²) < 4.78 is 6.71. The summed E-state index contributed by atoms with van der Waals surface area (Å²) in [7, 11) is 0. The van der Waals surface area contributed by atoms with Crippen LogP contribution in [0.1, 0.15) is 0 Å². The van der Waals surface area contributed by atoms with Crippen molar-refractivity contribution in [2.45, 2.75) is 33.9 Å². The number of thioether (sulfide) groups is 1. The highest BCUT2D eigenvalue weighted by molar-refractivity contribution is 14.1. The largest absolute Gasteiger partial charge is 0.394 e. The van der Waals surface area contributed by atoms with Crippen molar-refractivity contribution < 1.29 is 20.1 Å². The predicted octanol–water partition coefficient (Wildman–Crippen LogP) is 1.12. The second-order valence-corrected chi connectivity index (χ2v) is 7.28. The van der Waals surface area contributed by atoms with E-state index in [-0.39, 0.29) is 6.61 Å². The maximum atomic E-state index is 10.0. The Balaban J connectivity index is 2.08. The summed E-state index contributed by atoms with van der Waals surface area (Å²) in [6, 6.07) is 7.77. The van der Waals surface area contributed by atoms with Crippen LogP contribution in [0.2, 0.25) is 0 Å². The van der Waals surface area contributed by atoms with Crippen LogP contribution in [0.15, 0.2) is 29.2 Å². The van der Waals surface area contributed by atoms with Crippen LogP contribution >= 0.6 is 47.0 Å². The molecule has 0 aromatic heterocycles. The summed E-state index contributed by atoms with van der Waals surface area (Å²) >= 11 is 7.70. The molecule has 0 amide bonds. The Bertz CT molecular complexity index is 415. The summed E-state index contributed by atoms with van der Waals surface area (Å²) in [5.74, 6) is 0. The molecular formula is C12H15IO4S2. The van der Waals surface area contributed by atoms with Crippen LogP contribution in [-0.4, -0.2) is 50.9 Å². The van der Waals surface area contributed by atoms with Crippen LogP contribution in [0.4, 0.5) is 0 Å². The van der Waals surface area contributed by atoms with E-state index in [0.717, 1.165) is 8.47 Å². The van der Waals surface area contributed by atoms with Gasteiger partial charge in [0.15, 0.2) is 0 Å². The molecule has 5 atom stereocenters. The smallest absolute Gasteiger partial charge is 0.136 e. The van der Waals surface area contributed by atoms with E-state index in [1.807, 2.05) is 24.3 Å². The topological polar surface area (TPSA) is 69.9 Å². The molecule has 4 nitrogen and oxygen atoms in total. The predicted molar refractivity (Wildman–Crippen MR) is 85.6 cm³/mol. The average molecular weight is 414 g/mol. The van der Waals surface area contributed by atoms with Gasteiger partial charge < -0.3 is 20.1 Å². The molecule has 7 heteroatoms. The van der Waals surface area contributed by atoms with Crippen molar-refractivity contribution in [1.82, 2.24) is 0 Å². The summed E-state index contributed by atoms with van der Waals surface area (Å²) in [6.07, 6.45) is -2.63. The minimum absolute atomic E-state index is 0.234. The number of halogens is 1. The third-order valence-electron chi connectivity index (χ3n) is 2.91. The third-order valence-corrected chi connectivity index (χ3v) is 5.44. The Morgan fingerprint density at radius 1 is 1.21 bits per heavy atom. The summed E-state index contributed by atoms with van der Waals surface area (Å²) in [5.41, 5.74) is -0.615. The molecule has 0 bridgehead atoms. The molecule has 1 heterocycles. The number of ether oxygens (including phenoxy) is 1. The van der Waals surface area contributed by atoms with Crippen molar-refractivity contribution in [3.05, 3.63) is 27.8 Å². The van der Waals surface area contributed by atoms with Gasteiger partial charge in [-0.05, 0) is 46.9 Å². The van der Waals surface area contributed by atoms with Crippen molar-refractivity contribution in [2.24, 2.45) is 0 Å². The number of hydrogen-bond acceptors (Lipinski definition) is 6. The van der Waals surface area contributed by atoms with E-state index in [9.17, 15) is 15.3 Å². The molecule has 1 aliphatic rings. The molecule has 1 saturated heterocycles. The molecule has 106 valence electrons. The fourth-order valence-electron chi connectivity index (χ4n) is 1.81. The Morgan fingerprint density at radius 3 is 2.42 bits per heavy atom. The van der Waals surface area contributed by atoms with Gasteiger partial charge in [-0.2, -0.15) is 12.6 Å². The fourth-order valence-corrected chi connectivity index (χ4v) is 3.57. The van der Waals surface area contributed by atoms with E-state index in [4.69, 9.17) is 4.74 Å². The number of benzene rings is 1. The zero-order chi connectivity index (χ0) is 14.0. The van der Waals surface area contributed by atoms with E-state index in [2.05, 4.69) is 35.2 Å². The second-order valence-electron chi connectivity index (χ2n) is 4.27. The van der Waals surface area contributed by atoms with E-state index >= 15 is 0 Å². The van der Waals surface area contributed by atoms with E-state index < -0.39 is 29.0 Å². The van der Waals surface area contributed by atoms with Gasteiger partial charge in [-0.3, -0.25) is 0 Å². The highest BCUT2D eigenvalue weighted by Crippen LogP contribution is 2.34. The Morgan fingerprint density at radius 2 is 1.84 bits per heavy atom. The standard InChI is InChI=1S/C12H15IO4S2/c13-6-1-3-7(4-2-6)19-12-10(16)9(15)11(18)8(5-14)17-12/h1-4,8-12,14-16,18H,5H2/t8-,9-,10-,11-,12+/m1/s1. The van der Waals surface area contributed by atoms with Crippen LogP contribution < -0.4 is 0 Å². The molecule has 1 aromatic carbocycles. The number of rotatable bonds is 3.